The third kappa shape index (κ3) is 5.36. The van der Waals surface area contributed by atoms with E-state index < -0.39 is 0 Å². The number of hydrogen-bond donors (Lipinski definition) is 1. The molecule has 0 aromatic heterocycles. The predicted octanol–water partition coefficient (Wildman–Crippen LogP) is 3.04. The molecule has 1 aromatic carbocycles. The van der Waals surface area contributed by atoms with Crippen LogP contribution in [0.3, 0.4) is 0 Å². The maximum Gasteiger partial charge on any atom is 0.222 e. The molecular formula is C20H30N2O2. The maximum atomic E-state index is 12.4. The molecule has 0 saturated carbocycles. The van der Waals surface area contributed by atoms with Crippen LogP contribution in [0.1, 0.15) is 58.1 Å². The Labute approximate surface area is 145 Å². The van der Waals surface area contributed by atoms with Gasteiger partial charge < -0.3 is 10.2 Å². The van der Waals surface area contributed by atoms with Gasteiger partial charge in [0, 0.05) is 32.5 Å². The molecule has 24 heavy (non-hydrogen) atoms. The van der Waals surface area contributed by atoms with Gasteiger partial charge in [-0.1, -0.05) is 45.0 Å². The zero-order valence-electron chi connectivity index (χ0n) is 15.4. The summed E-state index contributed by atoms with van der Waals surface area (Å²) in [5.41, 5.74) is 2.69. The first kappa shape index (κ1) is 18.5. The molecule has 4 heteroatoms. The molecule has 0 radical (unpaired) electrons. The van der Waals surface area contributed by atoms with E-state index in [4.69, 9.17) is 0 Å². The number of piperidine rings is 1. The van der Waals surface area contributed by atoms with Gasteiger partial charge in [0.1, 0.15) is 0 Å². The molecule has 0 atom stereocenters. The molecule has 0 spiro atoms. The number of aryl methyl sites for hydroxylation is 1. The van der Waals surface area contributed by atoms with Crippen LogP contribution < -0.4 is 5.32 Å². The lowest BCUT2D eigenvalue weighted by molar-refractivity contribution is -0.132. The minimum absolute atomic E-state index is 0.0125. The first-order chi connectivity index (χ1) is 11.3. The Balaban J connectivity index is 1.78. The summed E-state index contributed by atoms with van der Waals surface area (Å²) in [6.07, 6.45) is 3.05. The van der Waals surface area contributed by atoms with Gasteiger partial charge in [0.15, 0.2) is 0 Å². The zero-order valence-corrected chi connectivity index (χ0v) is 15.4. The smallest absolute Gasteiger partial charge is 0.222 e. The highest BCUT2D eigenvalue weighted by Crippen LogP contribution is 2.22. The molecule has 1 aliphatic heterocycles. The van der Waals surface area contributed by atoms with Crippen molar-refractivity contribution in [2.45, 2.75) is 64.8 Å². The van der Waals surface area contributed by atoms with E-state index in [0.717, 1.165) is 32.4 Å². The van der Waals surface area contributed by atoms with Crippen LogP contribution >= 0.6 is 0 Å². The molecule has 1 N–H and O–H groups in total. The van der Waals surface area contributed by atoms with Crippen molar-refractivity contribution in [3.63, 3.8) is 0 Å². The minimum atomic E-state index is 0.0125. The Hall–Kier alpha value is -1.84. The summed E-state index contributed by atoms with van der Waals surface area (Å²) in [5.74, 6) is 0.231. The molecule has 1 aliphatic rings. The number of likely N-dealkylation sites (tertiary alicyclic amines) is 1. The average molecular weight is 330 g/mol. The third-order valence-electron chi connectivity index (χ3n) is 4.70. The zero-order chi connectivity index (χ0) is 17.7. The highest BCUT2D eigenvalue weighted by molar-refractivity contribution is 5.76. The van der Waals surface area contributed by atoms with Crippen LogP contribution in [-0.4, -0.2) is 35.8 Å². The fourth-order valence-corrected chi connectivity index (χ4v) is 3.14. The molecule has 0 bridgehead atoms. The van der Waals surface area contributed by atoms with E-state index in [0.29, 0.717) is 6.42 Å². The summed E-state index contributed by atoms with van der Waals surface area (Å²) in [7, 11) is 0. The van der Waals surface area contributed by atoms with Gasteiger partial charge in [-0.05, 0) is 35.8 Å². The SMILES string of the molecule is CC(=O)NC1CCN(C(=O)CCc2ccc(C(C)(C)C)cc2)CC1. The normalized spacial score (nSPS) is 16.1. The van der Waals surface area contributed by atoms with Gasteiger partial charge >= 0.3 is 0 Å². The Morgan fingerprint density at radius 2 is 1.71 bits per heavy atom. The fraction of sp³-hybridized carbons (Fsp3) is 0.600. The Morgan fingerprint density at radius 1 is 1.12 bits per heavy atom. The van der Waals surface area contributed by atoms with Crippen molar-refractivity contribution in [1.29, 1.82) is 0 Å². The first-order valence-corrected chi connectivity index (χ1v) is 8.90. The molecule has 2 rings (SSSR count). The Morgan fingerprint density at radius 3 is 2.21 bits per heavy atom. The van der Waals surface area contributed by atoms with E-state index in [9.17, 15) is 9.59 Å². The lowest BCUT2D eigenvalue weighted by Gasteiger charge is -2.32. The standard InChI is InChI=1S/C20H30N2O2/c1-15(23)21-18-11-13-22(14-12-18)19(24)10-7-16-5-8-17(9-6-16)20(2,3)4/h5-6,8-9,18H,7,10-14H2,1-4H3,(H,21,23). The van der Waals surface area contributed by atoms with Crippen LogP contribution in [0.4, 0.5) is 0 Å². The number of hydrogen-bond acceptors (Lipinski definition) is 2. The molecule has 4 nitrogen and oxygen atoms in total. The van der Waals surface area contributed by atoms with E-state index >= 15 is 0 Å². The van der Waals surface area contributed by atoms with Gasteiger partial charge in [0.2, 0.25) is 11.8 Å². The second-order valence-electron chi connectivity index (χ2n) is 7.80. The van der Waals surface area contributed by atoms with E-state index in [1.165, 1.54) is 11.1 Å². The first-order valence-electron chi connectivity index (χ1n) is 8.90. The van der Waals surface area contributed by atoms with Gasteiger partial charge in [-0.2, -0.15) is 0 Å². The van der Waals surface area contributed by atoms with Gasteiger partial charge in [0.25, 0.3) is 0 Å². The molecule has 2 amide bonds. The molecule has 0 aliphatic carbocycles. The summed E-state index contributed by atoms with van der Waals surface area (Å²) < 4.78 is 0. The fourth-order valence-electron chi connectivity index (χ4n) is 3.14. The Kier molecular flexibility index (Phi) is 6.03. The molecule has 0 unspecified atom stereocenters. The molecule has 1 heterocycles. The Bertz CT molecular complexity index is 564. The number of carbonyl (C=O) groups excluding carboxylic acids is 2. The van der Waals surface area contributed by atoms with Gasteiger partial charge in [0.05, 0.1) is 0 Å². The maximum absolute atomic E-state index is 12.4. The monoisotopic (exact) mass is 330 g/mol. The van der Waals surface area contributed by atoms with Crippen molar-refractivity contribution in [3.8, 4) is 0 Å². The van der Waals surface area contributed by atoms with Gasteiger partial charge in [-0.25, -0.2) is 0 Å². The summed E-state index contributed by atoms with van der Waals surface area (Å²) in [6.45, 7) is 9.64. The highest BCUT2D eigenvalue weighted by Gasteiger charge is 2.22. The highest BCUT2D eigenvalue weighted by atomic mass is 16.2. The van der Waals surface area contributed by atoms with Crippen molar-refractivity contribution >= 4 is 11.8 Å². The quantitative estimate of drug-likeness (QED) is 0.922. The lowest BCUT2D eigenvalue weighted by atomic mass is 9.86. The van der Waals surface area contributed by atoms with Crippen molar-refractivity contribution in [3.05, 3.63) is 35.4 Å². The number of nitrogens with zero attached hydrogens (tertiary/aromatic N) is 1. The lowest BCUT2D eigenvalue weighted by Crippen LogP contribution is -2.46. The average Bonchev–Trinajstić information content (AvgIpc) is 2.52. The molecular weight excluding hydrogens is 300 g/mol. The molecule has 1 aromatic rings. The van der Waals surface area contributed by atoms with Crippen LogP contribution in [0.5, 0.6) is 0 Å². The van der Waals surface area contributed by atoms with Crippen LogP contribution in [0.25, 0.3) is 0 Å². The van der Waals surface area contributed by atoms with Gasteiger partial charge in [-0.15, -0.1) is 0 Å². The predicted molar refractivity (Wildman–Crippen MR) is 96.9 cm³/mol. The molecule has 1 saturated heterocycles. The van der Waals surface area contributed by atoms with E-state index in [1.807, 2.05) is 4.90 Å². The van der Waals surface area contributed by atoms with Crippen LogP contribution in [0, 0.1) is 0 Å². The number of nitrogens with one attached hydrogen (secondary N) is 1. The van der Waals surface area contributed by atoms with Crippen molar-refractivity contribution in [1.82, 2.24) is 10.2 Å². The summed E-state index contributed by atoms with van der Waals surface area (Å²) in [6, 6.07) is 8.82. The largest absolute Gasteiger partial charge is 0.353 e. The molecule has 132 valence electrons. The topological polar surface area (TPSA) is 49.4 Å². The second kappa shape index (κ2) is 7.82. The van der Waals surface area contributed by atoms with Crippen molar-refractivity contribution in [2.75, 3.05) is 13.1 Å². The number of amides is 2. The van der Waals surface area contributed by atoms with Gasteiger partial charge in [-0.3, -0.25) is 9.59 Å². The minimum Gasteiger partial charge on any atom is -0.353 e. The second-order valence-corrected chi connectivity index (χ2v) is 7.80. The summed E-state index contributed by atoms with van der Waals surface area (Å²) >= 11 is 0. The van der Waals surface area contributed by atoms with E-state index in [-0.39, 0.29) is 23.3 Å². The van der Waals surface area contributed by atoms with E-state index in [1.54, 1.807) is 6.92 Å². The number of benzene rings is 1. The third-order valence-corrected chi connectivity index (χ3v) is 4.70. The van der Waals surface area contributed by atoms with Crippen LogP contribution in [-0.2, 0) is 21.4 Å². The summed E-state index contributed by atoms with van der Waals surface area (Å²) in [5, 5.41) is 2.94. The summed E-state index contributed by atoms with van der Waals surface area (Å²) in [4.78, 5) is 25.4. The van der Waals surface area contributed by atoms with Crippen molar-refractivity contribution in [2.24, 2.45) is 0 Å². The number of rotatable bonds is 4. The van der Waals surface area contributed by atoms with Crippen molar-refractivity contribution < 1.29 is 9.59 Å². The molecule has 1 fully saturated rings. The number of carbonyl (C=O) groups is 2. The van der Waals surface area contributed by atoms with Crippen LogP contribution in [0.15, 0.2) is 24.3 Å². The van der Waals surface area contributed by atoms with E-state index in [2.05, 4.69) is 50.4 Å². The van der Waals surface area contributed by atoms with Crippen LogP contribution in [0.2, 0.25) is 0 Å².